The van der Waals surface area contributed by atoms with Gasteiger partial charge in [0.15, 0.2) is 0 Å². The molecule has 0 spiro atoms. The van der Waals surface area contributed by atoms with Crippen LogP contribution in [0.5, 0.6) is 0 Å². The van der Waals surface area contributed by atoms with Crippen LogP contribution in [0.25, 0.3) is 0 Å². The molecule has 0 aromatic carbocycles. The zero-order chi connectivity index (χ0) is 4.28. The summed E-state index contributed by atoms with van der Waals surface area (Å²) < 4.78 is 3.93. The van der Waals surface area contributed by atoms with Crippen LogP contribution in [0.4, 0.5) is 0 Å². The third-order valence-electron chi connectivity index (χ3n) is 0.163. The van der Waals surface area contributed by atoms with E-state index in [0.29, 0.717) is 0 Å². The molecule has 3 nitrogen and oxygen atoms in total. The van der Waals surface area contributed by atoms with E-state index in [4.69, 9.17) is 9.79 Å². The van der Waals surface area contributed by atoms with Crippen molar-refractivity contribution in [3.05, 3.63) is 0 Å². The van der Waals surface area contributed by atoms with Crippen LogP contribution in [0.15, 0.2) is 0 Å². The Morgan fingerprint density at radius 3 is 1.83 bits per heavy atom. The summed E-state index contributed by atoms with van der Waals surface area (Å²) in [5.41, 5.74) is 0. The van der Waals surface area contributed by atoms with Crippen LogP contribution < -0.4 is 0 Å². The van der Waals surface area contributed by atoms with Crippen LogP contribution >= 0.6 is 8.60 Å². The van der Waals surface area contributed by atoms with Gasteiger partial charge >= 0.3 is 31.7 Å². The van der Waals surface area contributed by atoms with Crippen molar-refractivity contribution in [1.82, 2.24) is 0 Å². The molecule has 0 amide bonds. The summed E-state index contributed by atoms with van der Waals surface area (Å²) in [4.78, 5) is 15.5. The summed E-state index contributed by atoms with van der Waals surface area (Å²) in [5.74, 6) is 0. The molecule has 0 aromatic heterocycles. The van der Waals surface area contributed by atoms with Gasteiger partial charge in [0.2, 0.25) is 0 Å². The standard InChI is InChI=1S/CH5O3P.Mg.2H/c1-4-5(2)3;;;/h2-3H,1H3;;;/q;+2;2*-1. The Morgan fingerprint density at radius 2 is 1.83 bits per heavy atom. The average Bonchev–Trinajstić information content (AvgIpc) is 1.38. The van der Waals surface area contributed by atoms with Gasteiger partial charge in [-0.3, -0.25) is 0 Å². The van der Waals surface area contributed by atoms with Crippen LogP contribution in [0.1, 0.15) is 2.85 Å². The summed E-state index contributed by atoms with van der Waals surface area (Å²) >= 11 is 0. The molecule has 0 radical (unpaired) electrons. The van der Waals surface area contributed by atoms with E-state index >= 15 is 0 Å². The fourth-order valence-corrected chi connectivity index (χ4v) is 0. The van der Waals surface area contributed by atoms with Gasteiger partial charge < -0.3 is 17.2 Å². The Hall–Kier alpha value is 1.08. The monoisotopic (exact) mass is 122 g/mol. The maximum atomic E-state index is 7.76. The molecule has 0 saturated carbocycles. The van der Waals surface area contributed by atoms with E-state index in [-0.39, 0.29) is 25.9 Å². The molecule has 0 aliphatic heterocycles. The van der Waals surface area contributed by atoms with E-state index in [2.05, 4.69) is 4.52 Å². The van der Waals surface area contributed by atoms with E-state index in [9.17, 15) is 0 Å². The van der Waals surface area contributed by atoms with Crippen molar-refractivity contribution >= 4 is 31.7 Å². The molecule has 5 heteroatoms. The first-order valence-electron chi connectivity index (χ1n) is 0.991. The molecule has 0 aromatic rings. The fraction of sp³-hybridized carbons (Fsp3) is 1.00. The molecule has 0 fully saturated rings. The second-order valence-corrected chi connectivity index (χ2v) is 1.31. The zero-order valence-corrected chi connectivity index (χ0v) is 5.77. The van der Waals surface area contributed by atoms with Crippen molar-refractivity contribution in [3.8, 4) is 0 Å². The van der Waals surface area contributed by atoms with Crippen LogP contribution in [0, 0.1) is 0 Å². The normalized spacial score (nSPS) is 8.00. The Bertz CT molecular complexity index is 31.2. The minimum atomic E-state index is -2.10. The Kier molecular flexibility index (Phi) is 10.3. The molecule has 0 aliphatic rings. The van der Waals surface area contributed by atoms with Gasteiger partial charge in [0.1, 0.15) is 0 Å². The van der Waals surface area contributed by atoms with Gasteiger partial charge in [-0.25, -0.2) is 0 Å². The van der Waals surface area contributed by atoms with Gasteiger partial charge in [-0.1, -0.05) is 0 Å². The third kappa shape index (κ3) is 8.91. The largest absolute Gasteiger partial charge is 2.00 e. The zero-order valence-electron chi connectivity index (χ0n) is 5.46. The van der Waals surface area contributed by atoms with Crippen molar-refractivity contribution in [2.75, 3.05) is 7.11 Å². The van der Waals surface area contributed by atoms with Crippen molar-refractivity contribution in [2.45, 2.75) is 0 Å². The Morgan fingerprint density at radius 1 is 1.67 bits per heavy atom. The molecule has 0 rings (SSSR count). The van der Waals surface area contributed by atoms with E-state index in [0.717, 1.165) is 0 Å². The van der Waals surface area contributed by atoms with E-state index < -0.39 is 8.60 Å². The molecule has 0 saturated heterocycles. The van der Waals surface area contributed by atoms with Crippen LogP contribution in [0.3, 0.4) is 0 Å². The van der Waals surface area contributed by atoms with Gasteiger partial charge in [0.25, 0.3) is 0 Å². The number of hydrogen-bond donors (Lipinski definition) is 2. The Labute approximate surface area is 56.4 Å². The maximum absolute atomic E-state index is 7.76. The molecule has 36 valence electrons. The van der Waals surface area contributed by atoms with Crippen molar-refractivity contribution < 1.29 is 17.2 Å². The third-order valence-corrected chi connectivity index (χ3v) is 0.490. The number of hydrogen-bond acceptors (Lipinski definition) is 3. The van der Waals surface area contributed by atoms with Gasteiger partial charge in [0.05, 0.1) is 0 Å². The topological polar surface area (TPSA) is 49.7 Å². The molecule has 6 heavy (non-hydrogen) atoms. The molecule has 0 bridgehead atoms. The van der Waals surface area contributed by atoms with Crippen molar-refractivity contribution in [1.29, 1.82) is 0 Å². The summed E-state index contributed by atoms with van der Waals surface area (Å²) in [6.07, 6.45) is 0. The smallest absolute Gasteiger partial charge is 1.00 e. The summed E-state index contributed by atoms with van der Waals surface area (Å²) in [6.45, 7) is 0. The van der Waals surface area contributed by atoms with E-state index in [1.807, 2.05) is 0 Å². The van der Waals surface area contributed by atoms with Crippen molar-refractivity contribution in [3.63, 3.8) is 0 Å². The van der Waals surface area contributed by atoms with Gasteiger partial charge in [0, 0.05) is 7.11 Å². The minimum Gasteiger partial charge on any atom is -1.00 e. The average molecular weight is 122 g/mol. The summed E-state index contributed by atoms with van der Waals surface area (Å²) in [5, 5.41) is 0. The first kappa shape index (κ1) is 10.1. The fourth-order valence-electron chi connectivity index (χ4n) is 0. The van der Waals surface area contributed by atoms with E-state index in [1.54, 1.807) is 0 Å². The minimum absolute atomic E-state index is 0. The number of rotatable bonds is 1. The second kappa shape index (κ2) is 6.08. The predicted molar refractivity (Wildman–Crippen MR) is 26.3 cm³/mol. The van der Waals surface area contributed by atoms with Crippen molar-refractivity contribution in [2.24, 2.45) is 0 Å². The molecule has 0 unspecified atom stereocenters. The quantitative estimate of drug-likeness (QED) is 0.370. The maximum Gasteiger partial charge on any atom is 2.00 e. The molecule has 2 N–H and O–H groups in total. The SMILES string of the molecule is COP(O)O.[H-].[H-].[Mg+2]. The second-order valence-electron chi connectivity index (χ2n) is 0.435. The van der Waals surface area contributed by atoms with Gasteiger partial charge in [-0.2, -0.15) is 0 Å². The molecule has 0 heterocycles. The van der Waals surface area contributed by atoms with E-state index in [1.165, 1.54) is 7.11 Å². The Balaban J connectivity index is -0.0000000267. The molecular weight excluding hydrogens is 115 g/mol. The van der Waals surface area contributed by atoms with Crippen LogP contribution in [-0.2, 0) is 4.52 Å². The van der Waals surface area contributed by atoms with Gasteiger partial charge in [-0.05, 0) is 0 Å². The summed E-state index contributed by atoms with van der Waals surface area (Å²) in [7, 11) is -0.870. The predicted octanol–water partition coefficient (Wildman–Crippen LogP) is -0.312. The summed E-state index contributed by atoms with van der Waals surface area (Å²) in [6, 6.07) is 0. The molecular formula is CH7MgO3P. The molecule has 0 aliphatic carbocycles. The molecule has 0 atom stereocenters. The first-order chi connectivity index (χ1) is 2.27. The first-order valence-corrected chi connectivity index (χ1v) is 2.16. The van der Waals surface area contributed by atoms with Crippen LogP contribution in [0.2, 0.25) is 0 Å². The van der Waals surface area contributed by atoms with Gasteiger partial charge in [-0.15, -0.1) is 0 Å². The van der Waals surface area contributed by atoms with Crippen LogP contribution in [-0.4, -0.2) is 39.9 Å².